The Kier molecular flexibility index (Phi) is 7.06. The molecule has 1 aliphatic rings. The van der Waals surface area contributed by atoms with Crippen molar-refractivity contribution < 1.29 is 17.9 Å². The molecule has 0 atom stereocenters. The first kappa shape index (κ1) is 21.1. The number of piperidine rings is 1. The van der Waals surface area contributed by atoms with Gasteiger partial charge in [-0.1, -0.05) is 48.5 Å². The second-order valence-corrected chi connectivity index (χ2v) is 8.78. The number of para-hydroxylation sites is 1. The summed E-state index contributed by atoms with van der Waals surface area (Å²) in [7, 11) is -1.89. The molecule has 0 aromatic heterocycles. The summed E-state index contributed by atoms with van der Waals surface area (Å²) in [4.78, 5) is 12.5. The number of amides is 1. The standard InChI is InChI=1S/C22H26N2O4S/c1-28-21-10-6-5-9-20(21)17-23-22(25)19-11-14-24(15-12-19)29(26,27)16-13-18-7-3-2-4-8-18/h2-10,13,16,19H,11-12,14-15,17H2,1H3,(H,23,25). The van der Waals surface area contributed by atoms with Crippen molar-refractivity contribution in [1.82, 2.24) is 9.62 Å². The van der Waals surface area contributed by atoms with E-state index in [0.717, 1.165) is 16.9 Å². The molecule has 6 nitrogen and oxygen atoms in total. The monoisotopic (exact) mass is 414 g/mol. The van der Waals surface area contributed by atoms with E-state index in [1.54, 1.807) is 13.2 Å². The Morgan fingerprint density at radius 2 is 1.76 bits per heavy atom. The molecule has 0 saturated carbocycles. The molecule has 0 radical (unpaired) electrons. The summed E-state index contributed by atoms with van der Waals surface area (Å²) < 4.78 is 31.8. The number of carbonyl (C=O) groups is 1. The molecule has 7 heteroatoms. The second kappa shape index (κ2) is 9.71. The zero-order valence-corrected chi connectivity index (χ0v) is 17.3. The van der Waals surface area contributed by atoms with Gasteiger partial charge in [0.15, 0.2) is 0 Å². The lowest BCUT2D eigenvalue weighted by atomic mass is 9.97. The number of sulfonamides is 1. The minimum atomic E-state index is -3.49. The van der Waals surface area contributed by atoms with Crippen molar-refractivity contribution in [2.45, 2.75) is 19.4 Å². The van der Waals surface area contributed by atoms with Gasteiger partial charge >= 0.3 is 0 Å². The highest BCUT2D eigenvalue weighted by Crippen LogP contribution is 2.22. The van der Waals surface area contributed by atoms with E-state index in [1.807, 2.05) is 54.6 Å². The zero-order chi connectivity index (χ0) is 20.7. The highest BCUT2D eigenvalue weighted by molar-refractivity contribution is 7.92. The van der Waals surface area contributed by atoms with E-state index in [4.69, 9.17) is 4.74 Å². The molecular formula is C22H26N2O4S. The topological polar surface area (TPSA) is 75.7 Å². The minimum Gasteiger partial charge on any atom is -0.496 e. The van der Waals surface area contributed by atoms with Gasteiger partial charge in [-0.15, -0.1) is 0 Å². The van der Waals surface area contributed by atoms with Gasteiger partial charge in [-0.25, -0.2) is 8.42 Å². The average molecular weight is 415 g/mol. The number of ether oxygens (including phenoxy) is 1. The molecule has 3 rings (SSSR count). The van der Waals surface area contributed by atoms with Gasteiger partial charge in [-0.05, 0) is 30.5 Å². The van der Waals surface area contributed by atoms with E-state index in [9.17, 15) is 13.2 Å². The van der Waals surface area contributed by atoms with Gasteiger partial charge in [0.25, 0.3) is 0 Å². The van der Waals surface area contributed by atoms with Crippen molar-refractivity contribution in [3.8, 4) is 5.75 Å². The summed E-state index contributed by atoms with van der Waals surface area (Å²) >= 11 is 0. The van der Waals surface area contributed by atoms with Gasteiger partial charge in [0, 0.05) is 36.5 Å². The van der Waals surface area contributed by atoms with Gasteiger partial charge in [-0.2, -0.15) is 4.31 Å². The summed E-state index contributed by atoms with van der Waals surface area (Å²) in [5.41, 5.74) is 1.75. The van der Waals surface area contributed by atoms with Crippen LogP contribution in [0.2, 0.25) is 0 Å². The Morgan fingerprint density at radius 3 is 2.45 bits per heavy atom. The summed E-state index contributed by atoms with van der Waals surface area (Å²) in [6, 6.07) is 16.9. The molecule has 1 saturated heterocycles. The Bertz CT molecular complexity index is 950. The number of hydrogen-bond donors (Lipinski definition) is 1. The minimum absolute atomic E-state index is 0.0484. The fraction of sp³-hybridized carbons (Fsp3) is 0.318. The van der Waals surface area contributed by atoms with Gasteiger partial charge in [0.1, 0.15) is 5.75 Å². The molecule has 1 aliphatic heterocycles. The fourth-order valence-electron chi connectivity index (χ4n) is 3.36. The first-order valence-corrected chi connectivity index (χ1v) is 11.1. The number of rotatable bonds is 7. The van der Waals surface area contributed by atoms with Gasteiger partial charge < -0.3 is 10.1 Å². The smallest absolute Gasteiger partial charge is 0.236 e. The van der Waals surface area contributed by atoms with Crippen molar-refractivity contribution in [2.24, 2.45) is 5.92 Å². The third-order valence-corrected chi connectivity index (χ3v) is 6.63. The predicted molar refractivity (Wildman–Crippen MR) is 114 cm³/mol. The van der Waals surface area contributed by atoms with E-state index in [2.05, 4.69) is 5.32 Å². The molecule has 0 aliphatic carbocycles. The number of nitrogens with one attached hydrogen (secondary N) is 1. The molecule has 0 bridgehead atoms. The number of carbonyl (C=O) groups excluding carboxylic acids is 1. The lowest BCUT2D eigenvalue weighted by molar-refractivity contribution is -0.126. The highest BCUT2D eigenvalue weighted by Gasteiger charge is 2.29. The largest absolute Gasteiger partial charge is 0.496 e. The lowest BCUT2D eigenvalue weighted by Crippen LogP contribution is -2.42. The summed E-state index contributed by atoms with van der Waals surface area (Å²) in [6.45, 7) is 1.07. The highest BCUT2D eigenvalue weighted by atomic mass is 32.2. The van der Waals surface area contributed by atoms with Gasteiger partial charge in [-0.3, -0.25) is 4.79 Å². The lowest BCUT2D eigenvalue weighted by Gasteiger charge is -2.29. The second-order valence-electron chi connectivity index (χ2n) is 6.96. The van der Waals surface area contributed by atoms with Gasteiger partial charge in [0.2, 0.25) is 15.9 Å². The summed E-state index contributed by atoms with van der Waals surface area (Å²) in [6.07, 6.45) is 2.62. The molecule has 0 unspecified atom stereocenters. The molecule has 29 heavy (non-hydrogen) atoms. The van der Waals surface area contributed by atoms with Crippen molar-refractivity contribution >= 4 is 22.0 Å². The van der Waals surface area contributed by atoms with Gasteiger partial charge in [0.05, 0.1) is 7.11 Å². The van der Waals surface area contributed by atoms with E-state index in [1.165, 1.54) is 9.71 Å². The SMILES string of the molecule is COc1ccccc1CNC(=O)C1CCN(S(=O)(=O)C=Cc2ccccc2)CC1. The van der Waals surface area contributed by atoms with Crippen LogP contribution >= 0.6 is 0 Å². The van der Waals surface area contributed by atoms with Crippen LogP contribution in [-0.2, 0) is 21.4 Å². The predicted octanol–water partition coefficient (Wildman–Crippen LogP) is 3.02. The first-order valence-electron chi connectivity index (χ1n) is 9.62. The molecule has 1 amide bonds. The molecule has 1 N–H and O–H groups in total. The van der Waals surface area contributed by atoms with Crippen LogP contribution in [0.1, 0.15) is 24.0 Å². The normalized spacial score (nSPS) is 16.0. The number of nitrogens with zero attached hydrogens (tertiary/aromatic N) is 1. The van der Waals surface area contributed by atoms with Crippen molar-refractivity contribution in [3.63, 3.8) is 0 Å². The van der Waals surface area contributed by atoms with E-state index >= 15 is 0 Å². The van der Waals surface area contributed by atoms with E-state index in [-0.39, 0.29) is 11.8 Å². The molecular weight excluding hydrogens is 388 g/mol. The van der Waals surface area contributed by atoms with Crippen LogP contribution in [0.25, 0.3) is 6.08 Å². The summed E-state index contributed by atoms with van der Waals surface area (Å²) in [5, 5.41) is 4.18. The number of benzene rings is 2. The van der Waals surface area contributed by atoms with Crippen molar-refractivity contribution in [3.05, 3.63) is 71.1 Å². The van der Waals surface area contributed by atoms with E-state index in [0.29, 0.717) is 32.5 Å². The van der Waals surface area contributed by atoms with Crippen LogP contribution in [0.5, 0.6) is 5.75 Å². The third-order valence-electron chi connectivity index (χ3n) is 5.06. The zero-order valence-electron chi connectivity index (χ0n) is 16.5. The molecule has 1 fully saturated rings. The number of hydrogen-bond acceptors (Lipinski definition) is 4. The molecule has 154 valence electrons. The Morgan fingerprint density at radius 1 is 1.10 bits per heavy atom. The Labute approximate surface area is 172 Å². The quantitative estimate of drug-likeness (QED) is 0.756. The maximum absolute atomic E-state index is 12.5. The fourth-order valence-corrected chi connectivity index (χ4v) is 4.58. The average Bonchev–Trinajstić information content (AvgIpc) is 2.77. The van der Waals surface area contributed by atoms with Crippen LogP contribution in [0.4, 0.5) is 0 Å². The van der Waals surface area contributed by atoms with E-state index < -0.39 is 10.0 Å². The maximum atomic E-state index is 12.5. The molecule has 1 heterocycles. The van der Waals surface area contributed by atoms with Crippen molar-refractivity contribution in [1.29, 1.82) is 0 Å². The Hall–Kier alpha value is -2.64. The molecule has 0 spiro atoms. The van der Waals surface area contributed by atoms with Crippen LogP contribution in [0.15, 0.2) is 60.0 Å². The van der Waals surface area contributed by atoms with Crippen LogP contribution in [0, 0.1) is 5.92 Å². The third kappa shape index (κ3) is 5.68. The molecule has 2 aromatic rings. The maximum Gasteiger partial charge on any atom is 0.236 e. The summed E-state index contributed by atoms with van der Waals surface area (Å²) in [5.74, 6) is 0.501. The Balaban J connectivity index is 1.51. The van der Waals surface area contributed by atoms with Crippen molar-refractivity contribution in [2.75, 3.05) is 20.2 Å². The molecule has 2 aromatic carbocycles. The first-order chi connectivity index (χ1) is 14.0. The van der Waals surface area contributed by atoms with Crippen LogP contribution in [0.3, 0.4) is 0 Å². The van der Waals surface area contributed by atoms with Crippen LogP contribution < -0.4 is 10.1 Å². The van der Waals surface area contributed by atoms with Crippen LogP contribution in [-0.4, -0.2) is 38.8 Å². The number of methoxy groups -OCH3 is 1.